The second-order valence-corrected chi connectivity index (χ2v) is 8.33. The molecule has 0 saturated heterocycles. The second-order valence-electron chi connectivity index (χ2n) is 6.64. The topological polar surface area (TPSA) is 134 Å². The number of rotatable bonds is 8. The van der Waals surface area contributed by atoms with E-state index >= 15 is 0 Å². The number of aryl methyl sites for hydroxylation is 2. The van der Waals surface area contributed by atoms with E-state index in [1.807, 2.05) is 0 Å². The molecular weight excluding hydrogens is 384 g/mol. The predicted molar refractivity (Wildman–Crippen MR) is 99.7 cm³/mol. The van der Waals surface area contributed by atoms with E-state index in [0.717, 1.165) is 12.5 Å². The molecule has 1 aliphatic carbocycles. The Morgan fingerprint density at radius 1 is 1.18 bits per heavy atom. The van der Waals surface area contributed by atoms with Gasteiger partial charge in [0.25, 0.3) is 0 Å². The zero-order valence-corrected chi connectivity index (χ0v) is 15.8. The van der Waals surface area contributed by atoms with Crippen LogP contribution in [0, 0.1) is 0 Å². The Morgan fingerprint density at radius 3 is 2.61 bits per heavy atom. The highest BCUT2D eigenvalue weighted by atomic mass is 32.2. The minimum absolute atomic E-state index is 0.0202. The molecule has 1 unspecified atom stereocenters. The molecule has 0 radical (unpaired) electrons. The van der Waals surface area contributed by atoms with Crippen LogP contribution < -0.4 is 4.72 Å². The van der Waals surface area contributed by atoms with Crippen LogP contribution in [0.5, 0.6) is 0 Å². The maximum absolute atomic E-state index is 12.9. The smallest absolute Gasteiger partial charge is 0.335 e. The lowest BCUT2D eigenvalue weighted by Crippen LogP contribution is -2.41. The number of sulfonamides is 1. The summed E-state index contributed by atoms with van der Waals surface area (Å²) in [6.45, 7) is 0. The Hall–Kier alpha value is -2.78. The number of benzene rings is 1. The van der Waals surface area contributed by atoms with Crippen LogP contribution in [0.25, 0.3) is 0 Å². The Kier molecular flexibility index (Phi) is 5.76. The highest BCUT2D eigenvalue weighted by molar-refractivity contribution is 7.89. The molecule has 9 heteroatoms. The summed E-state index contributed by atoms with van der Waals surface area (Å²) in [5, 5.41) is 18.7. The van der Waals surface area contributed by atoms with Crippen molar-refractivity contribution in [2.75, 3.05) is 0 Å². The van der Waals surface area contributed by atoms with Gasteiger partial charge in [0.05, 0.1) is 10.5 Å². The van der Waals surface area contributed by atoms with Crippen molar-refractivity contribution in [3.05, 3.63) is 58.9 Å². The van der Waals surface area contributed by atoms with Crippen molar-refractivity contribution in [1.29, 1.82) is 0 Å². The molecule has 0 bridgehead atoms. The molecule has 148 valence electrons. The van der Waals surface area contributed by atoms with Crippen LogP contribution >= 0.6 is 0 Å². The number of carboxylic acids is 2. The molecule has 8 nitrogen and oxygen atoms in total. The number of nitrogens with one attached hydrogen (secondary N) is 1. The van der Waals surface area contributed by atoms with Crippen molar-refractivity contribution in [3.63, 3.8) is 0 Å². The standard InChI is InChI=1S/C19H20N2O6S/c22-18(23)13-10-12-4-3-6-15(12)17(11-13)28(26,27)21-16(19(24)25)8-7-14-5-1-2-9-20-14/h1-2,5,9-11,16,21H,3-4,6-8H2,(H,22,23)(H,24,25). The van der Waals surface area contributed by atoms with E-state index in [1.165, 1.54) is 6.07 Å². The van der Waals surface area contributed by atoms with Crippen molar-refractivity contribution < 1.29 is 28.2 Å². The number of pyridine rings is 1. The van der Waals surface area contributed by atoms with Crippen molar-refractivity contribution in [1.82, 2.24) is 9.71 Å². The van der Waals surface area contributed by atoms with Crippen molar-refractivity contribution in [3.8, 4) is 0 Å². The van der Waals surface area contributed by atoms with E-state index in [9.17, 15) is 28.2 Å². The SMILES string of the molecule is O=C(O)c1cc2c(c(S(=O)(=O)NC(CCc3ccccn3)C(=O)O)c1)CCC2. The molecule has 0 aliphatic heterocycles. The number of hydrogen-bond acceptors (Lipinski definition) is 5. The molecule has 0 amide bonds. The first-order valence-corrected chi connectivity index (χ1v) is 10.3. The lowest BCUT2D eigenvalue weighted by molar-refractivity contribution is -0.139. The van der Waals surface area contributed by atoms with Crippen molar-refractivity contribution >= 4 is 22.0 Å². The van der Waals surface area contributed by atoms with E-state index in [4.69, 9.17) is 0 Å². The summed E-state index contributed by atoms with van der Waals surface area (Å²) in [7, 11) is -4.20. The van der Waals surface area contributed by atoms with Gasteiger partial charge in [0, 0.05) is 11.9 Å². The van der Waals surface area contributed by atoms with E-state index in [2.05, 4.69) is 9.71 Å². The van der Waals surface area contributed by atoms with Gasteiger partial charge >= 0.3 is 11.9 Å². The van der Waals surface area contributed by atoms with Gasteiger partial charge in [-0.05, 0) is 67.5 Å². The van der Waals surface area contributed by atoms with E-state index in [1.54, 1.807) is 24.4 Å². The molecule has 1 aromatic heterocycles. The molecule has 0 fully saturated rings. The second kappa shape index (κ2) is 8.07. The van der Waals surface area contributed by atoms with Crippen LogP contribution in [0.15, 0.2) is 41.4 Å². The Morgan fingerprint density at radius 2 is 1.96 bits per heavy atom. The normalized spacial score (nSPS) is 14.4. The molecule has 0 saturated carbocycles. The largest absolute Gasteiger partial charge is 0.480 e. The quantitative estimate of drug-likeness (QED) is 0.609. The number of fused-ring (bicyclic) bond motifs is 1. The van der Waals surface area contributed by atoms with Gasteiger partial charge in [-0.15, -0.1) is 0 Å². The minimum atomic E-state index is -4.20. The summed E-state index contributed by atoms with van der Waals surface area (Å²) in [5.74, 6) is -2.53. The van der Waals surface area contributed by atoms with Gasteiger partial charge < -0.3 is 10.2 Å². The summed E-state index contributed by atoms with van der Waals surface area (Å²) < 4.78 is 28.0. The molecule has 1 aromatic carbocycles. The summed E-state index contributed by atoms with van der Waals surface area (Å²) in [4.78, 5) is 26.9. The molecular formula is C19H20N2O6S. The molecule has 2 aromatic rings. The third kappa shape index (κ3) is 4.37. The van der Waals surface area contributed by atoms with Crippen LogP contribution in [0.2, 0.25) is 0 Å². The third-order valence-electron chi connectivity index (χ3n) is 4.72. The number of carboxylic acid groups (broad SMARTS) is 2. The van der Waals surface area contributed by atoms with Gasteiger partial charge in [-0.1, -0.05) is 6.07 Å². The lowest BCUT2D eigenvalue weighted by atomic mass is 10.1. The molecule has 1 aliphatic rings. The van der Waals surface area contributed by atoms with Crippen LogP contribution in [-0.2, 0) is 34.1 Å². The number of aromatic nitrogens is 1. The van der Waals surface area contributed by atoms with E-state index < -0.39 is 28.0 Å². The number of aromatic carboxylic acids is 1. The van der Waals surface area contributed by atoms with Crippen LogP contribution in [0.1, 0.15) is 40.0 Å². The fourth-order valence-electron chi connectivity index (χ4n) is 3.35. The minimum Gasteiger partial charge on any atom is -0.480 e. The fraction of sp³-hybridized carbons (Fsp3) is 0.316. The fourth-order valence-corrected chi connectivity index (χ4v) is 4.91. The number of aliphatic carboxylic acids is 1. The summed E-state index contributed by atoms with van der Waals surface area (Å²) in [5.41, 5.74) is 1.77. The zero-order chi connectivity index (χ0) is 20.3. The Labute approximate surface area is 162 Å². The van der Waals surface area contributed by atoms with E-state index in [-0.39, 0.29) is 23.3 Å². The number of carbonyl (C=O) groups is 2. The molecule has 0 spiro atoms. The van der Waals surface area contributed by atoms with Gasteiger partial charge in [-0.2, -0.15) is 4.72 Å². The average Bonchev–Trinajstić information content (AvgIpc) is 3.13. The van der Waals surface area contributed by atoms with Gasteiger partial charge in [-0.3, -0.25) is 9.78 Å². The maximum atomic E-state index is 12.9. The summed E-state index contributed by atoms with van der Waals surface area (Å²) in [6, 6.07) is 6.47. The highest BCUT2D eigenvalue weighted by Gasteiger charge is 2.30. The van der Waals surface area contributed by atoms with Gasteiger partial charge in [0.2, 0.25) is 10.0 Å². The predicted octanol–water partition coefficient (Wildman–Crippen LogP) is 1.63. The summed E-state index contributed by atoms with van der Waals surface area (Å²) in [6.07, 6.45) is 3.72. The summed E-state index contributed by atoms with van der Waals surface area (Å²) >= 11 is 0. The highest BCUT2D eigenvalue weighted by Crippen LogP contribution is 2.30. The van der Waals surface area contributed by atoms with Crippen LogP contribution in [0.4, 0.5) is 0 Å². The third-order valence-corrected chi connectivity index (χ3v) is 6.26. The maximum Gasteiger partial charge on any atom is 0.335 e. The Bertz CT molecular complexity index is 1000. The van der Waals surface area contributed by atoms with Gasteiger partial charge in [0.15, 0.2) is 0 Å². The van der Waals surface area contributed by atoms with Gasteiger partial charge in [-0.25, -0.2) is 13.2 Å². The van der Waals surface area contributed by atoms with E-state index in [0.29, 0.717) is 29.7 Å². The monoisotopic (exact) mass is 404 g/mol. The van der Waals surface area contributed by atoms with Crippen molar-refractivity contribution in [2.45, 2.75) is 43.0 Å². The first-order valence-electron chi connectivity index (χ1n) is 8.82. The molecule has 3 rings (SSSR count). The van der Waals surface area contributed by atoms with Crippen molar-refractivity contribution in [2.24, 2.45) is 0 Å². The number of nitrogens with zero attached hydrogens (tertiary/aromatic N) is 1. The molecule has 28 heavy (non-hydrogen) atoms. The Balaban J connectivity index is 1.87. The molecule has 1 heterocycles. The average molecular weight is 404 g/mol. The van der Waals surface area contributed by atoms with Crippen LogP contribution in [-0.4, -0.2) is 41.6 Å². The molecule has 3 N–H and O–H groups in total. The molecule has 1 atom stereocenters. The van der Waals surface area contributed by atoms with Gasteiger partial charge in [0.1, 0.15) is 6.04 Å². The lowest BCUT2D eigenvalue weighted by Gasteiger charge is -2.17. The van der Waals surface area contributed by atoms with Crippen LogP contribution in [0.3, 0.4) is 0 Å². The first-order chi connectivity index (χ1) is 13.3. The number of hydrogen-bond donors (Lipinski definition) is 3. The first kappa shape index (κ1) is 20.0. The zero-order valence-electron chi connectivity index (χ0n) is 15.0.